The van der Waals surface area contributed by atoms with Gasteiger partial charge in [0, 0.05) is 37.1 Å². The van der Waals surface area contributed by atoms with E-state index in [0.29, 0.717) is 42.6 Å². The number of nitrogen functional groups attached to an aromatic ring is 1. The summed E-state index contributed by atoms with van der Waals surface area (Å²) in [5, 5.41) is 0.420. The molecule has 3 heterocycles. The summed E-state index contributed by atoms with van der Waals surface area (Å²) in [5.41, 5.74) is 9.58. The highest BCUT2D eigenvalue weighted by molar-refractivity contribution is 7.89. The predicted molar refractivity (Wildman–Crippen MR) is 142 cm³/mol. The number of hydrogen-bond acceptors (Lipinski definition) is 6. The Morgan fingerprint density at radius 2 is 1.66 bits per heavy atom. The molecule has 1 saturated heterocycles. The van der Waals surface area contributed by atoms with Gasteiger partial charge in [0.1, 0.15) is 11.5 Å². The second kappa shape index (κ2) is 9.14. The second-order valence-corrected chi connectivity index (χ2v) is 11.7. The number of carbonyl (C=O) groups excluding carboxylic acids is 1. The van der Waals surface area contributed by atoms with Gasteiger partial charge in [-0.3, -0.25) is 4.79 Å². The number of halogens is 1. The average molecular weight is 532 g/mol. The molecule has 8 nitrogen and oxygen atoms in total. The van der Waals surface area contributed by atoms with Gasteiger partial charge in [-0.2, -0.15) is 4.31 Å². The van der Waals surface area contributed by atoms with Crippen LogP contribution in [0.3, 0.4) is 0 Å². The number of amides is 1. The van der Waals surface area contributed by atoms with E-state index in [2.05, 4.69) is 9.97 Å². The first-order chi connectivity index (χ1) is 18.2. The molecule has 6 rings (SSSR count). The summed E-state index contributed by atoms with van der Waals surface area (Å²) in [7, 11) is -3.85. The SMILES string of the molecule is Cc1cc(S(=O)(=O)N2CCCC2)c(-c2ccc3nc(N)nc(C(=O)N4Cc5ccccc5C4)c3c2)cc1F. The largest absolute Gasteiger partial charge is 0.368 e. The van der Waals surface area contributed by atoms with Crippen LogP contribution in [0.2, 0.25) is 0 Å². The summed E-state index contributed by atoms with van der Waals surface area (Å²) >= 11 is 0. The lowest BCUT2D eigenvalue weighted by atomic mass is 10.0. The lowest BCUT2D eigenvalue weighted by molar-refractivity contribution is 0.0747. The van der Waals surface area contributed by atoms with Crippen LogP contribution in [0.5, 0.6) is 0 Å². The normalized spacial score (nSPS) is 15.8. The second-order valence-electron chi connectivity index (χ2n) is 9.80. The van der Waals surface area contributed by atoms with Crippen LogP contribution in [-0.4, -0.2) is 46.6 Å². The van der Waals surface area contributed by atoms with Gasteiger partial charge in [-0.05, 0) is 66.3 Å². The first kappa shape index (κ1) is 24.4. The van der Waals surface area contributed by atoms with Gasteiger partial charge in [-0.1, -0.05) is 30.3 Å². The van der Waals surface area contributed by atoms with E-state index in [1.54, 1.807) is 30.0 Å². The summed E-state index contributed by atoms with van der Waals surface area (Å²) in [4.78, 5) is 23.9. The van der Waals surface area contributed by atoms with Crippen molar-refractivity contribution in [1.29, 1.82) is 0 Å². The Morgan fingerprint density at radius 1 is 0.974 bits per heavy atom. The van der Waals surface area contributed by atoms with Crippen LogP contribution >= 0.6 is 0 Å². The molecule has 2 aliphatic rings. The van der Waals surface area contributed by atoms with Crippen molar-refractivity contribution in [1.82, 2.24) is 19.2 Å². The molecule has 0 spiro atoms. The quantitative estimate of drug-likeness (QED) is 0.421. The van der Waals surface area contributed by atoms with E-state index in [1.807, 2.05) is 24.3 Å². The topological polar surface area (TPSA) is 109 Å². The maximum absolute atomic E-state index is 14.8. The zero-order valence-electron chi connectivity index (χ0n) is 20.8. The molecule has 0 saturated carbocycles. The van der Waals surface area contributed by atoms with Crippen molar-refractivity contribution < 1.29 is 17.6 Å². The lowest BCUT2D eigenvalue weighted by Gasteiger charge is -2.20. The van der Waals surface area contributed by atoms with Crippen LogP contribution in [0.4, 0.5) is 10.3 Å². The molecule has 10 heteroatoms. The lowest BCUT2D eigenvalue weighted by Crippen LogP contribution is -2.28. The molecule has 2 aliphatic heterocycles. The number of anilines is 1. The maximum atomic E-state index is 14.8. The monoisotopic (exact) mass is 531 g/mol. The number of benzene rings is 3. The Balaban J connectivity index is 1.48. The van der Waals surface area contributed by atoms with Gasteiger partial charge in [-0.15, -0.1) is 0 Å². The van der Waals surface area contributed by atoms with Gasteiger partial charge in [0.15, 0.2) is 0 Å². The van der Waals surface area contributed by atoms with Crippen molar-refractivity contribution in [3.05, 3.63) is 82.8 Å². The Kier molecular flexibility index (Phi) is 5.88. The minimum atomic E-state index is -3.85. The van der Waals surface area contributed by atoms with Gasteiger partial charge in [0.25, 0.3) is 5.91 Å². The molecular formula is C28H26FN5O3S. The molecule has 0 radical (unpaired) electrons. The van der Waals surface area contributed by atoms with Crippen molar-refractivity contribution in [3.8, 4) is 11.1 Å². The molecule has 1 fully saturated rings. The van der Waals surface area contributed by atoms with Crippen molar-refractivity contribution in [2.75, 3.05) is 18.8 Å². The molecule has 0 bridgehead atoms. The number of nitrogens with two attached hydrogens (primary N) is 1. The van der Waals surface area contributed by atoms with E-state index in [1.165, 1.54) is 16.4 Å². The van der Waals surface area contributed by atoms with Gasteiger partial charge < -0.3 is 10.6 Å². The van der Waals surface area contributed by atoms with Crippen LogP contribution in [0, 0.1) is 12.7 Å². The Labute approximate surface area is 220 Å². The van der Waals surface area contributed by atoms with Crippen molar-refractivity contribution in [2.24, 2.45) is 0 Å². The summed E-state index contributed by atoms with van der Waals surface area (Å²) in [5.74, 6) is -0.860. The van der Waals surface area contributed by atoms with Crippen molar-refractivity contribution in [2.45, 2.75) is 37.8 Å². The van der Waals surface area contributed by atoms with E-state index in [-0.39, 0.29) is 33.6 Å². The van der Waals surface area contributed by atoms with Crippen molar-refractivity contribution in [3.63, 3.8) is 0 Å². The third kappa shape index (κ3) is 4.10. The number of aromatic nitrogens is 2. The van der Waals surface area contributed by atoms with E-state index >= 15 is 0 Å². The third-order valence-electron chi connectivity index (χ3n) is 7.30. The molecule has 38 heavy (non-hydrogen) atoms. The number of rotatable bonds is 4. The van der Waals surface area contributed by atoms with Crippen LogP contribution < -0.4 is 5.73 Å². The zero-order valence-corrected chi connectivity index (χ0v) is 21.6. The Bertz CT molecular complexity index is 1690. The predicted octanol–water partition coefficient (Wildman–Crippen LogP) is 4.27. The standard InChI is InChI=1S/C28H26FN5O3S/c1-17-12-25(38(36,37)34-10-4-5-11-34)21(14-23(17)29)18-8-9-24-22(13-18)26(32-28(30)31-24)27(35)33-15-19-6-2-3-7-20(19)16-33/h2-3,6-9,12-14H,4-5,10-11,15-16H2,1H3,(H2,30,31,32). The van der Waals surface area contributed by atoms with Crippen LogP contribution in [-0.2, 0) is 23.1 Å². The fourth-order valence-corrected chi connectivity index (χ4v) is 7.06. The van der Waals surface area contributed by atoms with E-state index in [9.17, 15) is 17.6 Å². The highest BCUT2D eigenvalue weighted by atomic mass is 32.2. The smallest absolute Gasteiger partial charge is 0.273 e. The third-order valence-corrected chi connectivity index (χ3v) is 9.24. The number of sulfonamides is 1. The zero-order chi connectivity index (χ0) is 26.6. The Hall–Kier alpha value is -3.89. The first-order valence-corrected chi connectivity index (χ1v) is 13.9. The van der Waals surface area contributed by atoms with Gasteiger partial charge in [0.05, 0.1) is 10.4 Å². The number of nitrogens with zero attached hydrogens (tertiary/aromatic N) is 4. The van der Waals surface area contributed by atoms with Gasteiger partial charge >= 0.3 is 0 Å². The van der Waals surface area contributed by atoms with E-state index in [0.717, 1.165) is 24.0 Å². The number of aryl methyl sites for hydroxylation is 1. The molecule has 3 aromatic carbocycles. The minimum absolute atomic E-state index is 0.0380. The molecule has 0 atom stereocenters. The van der Waals surface area contributed by atoms with E-state index in [4.69, 9.17) is 5.73 Å². The number of hydrogen-bond donors (Lipinski definition) is 1. The maximum Gasteiger partial charge on any atom is 0.273 e. The number of carbonyl (C=O) groups is 1. The molecule has 2 N–H and O–H groups in total. The molecule has 0 unspecified atom stereocenters. The molecular weight excluding hydrogens is 505 g/mol. The van der Waals surface area contributed by atoms with E-state index < -0.39 is 15.8 Å². The van der Waals surface area contributed by atoms with Gasteiger partial charge in [-0.25, -0.2) is 22.8 Å². The average Bonchev–Trinajstić information content (AvgIpc) is 3.60. The molecule has 1 amide bonds. The van der Waals surface area contributed by atoms with Crippen LogP contribution in [0.15, 0.2) is 59.5 Å². The minimum Gasteiger partial charge on any atom is -0.368 e. The molecule has 0 aliphatic carbocycles. The number of fused-ring (bicyclic) bond motifs is 2. The van der Waals surface area contributed by atoms with Crippen LogP contribution in [0.25, 0.3) is 22.0 Å². The highest BCUT2D eigenvalue weighted by Crippen LogP contribution is 2.35. The van der Waals surface area contributed by atoms with Gasteiger partial charge in [0.2, 0.25) is 16.0 Å². The summed E-state index contributed by atoms with van der Waals surface area (Å²) < 4.78 is 43.4. The summed E-state index contributed by atoms with van der Waals surface area (Å²) in [6.07, 6.45) is 1.57. The Morgan fingerprint density at radius 3 is 2.34 bits per heavy atom. The first-order valence-electron chi connectivity index (χ1n) is 12.5. The fourth-order valence-electron chi connectivity index (χ4n) is 5.27. The highest BCUT2D eigenvalue weighted by Gasteiger charge is 2.31. The molecule has 4 aromatic rings. The molecule has 194 valence electrons. The fraction of sp³-hybridized carbons (Fsp3) is 0.250. The summed E-state index contributed by atoms with van der Waals surface area (Å²) in [6.45, 7) is 3.30. The molecule has 1 aromatic heterocycles. The summed E-state index contributed by atoms with van der Waals surface area (Å²) in [6, 6.07) is 15.5. The van der Waals surface area contributed by atoms with Crippen molar-refractivity contribution >= 4 is 32.8 Å². The van der Waals surface area contributed by atoms with Crippen LogP contribution in [0.1, 0.15) is 40.0 Å².